The summed E-state index contributed by atoms with van der Waals surface area (Å²) in [6.07, 6.45) is 4.06. The first kappa shape index (κ1) is 9.77. The minimum Gasteiger partial charge on any atom is -0.144 e. The summed E-state index contributed by atoms with van der Waals surface area (Å²) in [5.41, 5.74) is 0. The van der Waals surface area contributed by atoms with Crippen LogP contribution in [0.25, 0.3) is 6.08 Å². The number of hydrogen-bond donors (Lipinski definition) is 0. The summed E-state index contributed by atoms with van der Waals surface area (Å²) in [7, 11) is 0. The molecule has 0 aliphatic carbocycles. The molecule has 0 radical (unpaired) electrons. The van der Waals surface area contributed by atoms with E-state index in [1.165, 1.54) is 4.88 Å². The molecule has 0 amide bonds. The number of thiocarbonyl (C=S) groups is 1. The van der Waals surface area contributed by atoms with Gasteiger partial charge in [-0.05, 0) is 35.0 Å². The van der Waals surface area contributed by atoms with E-state index < -0.39 is 0 Å². The third kappa shape index (κ3) is 2.38. The van der Waals surface area contributed by atoms with E-state index in [9.17, 15) is 0 Å². The maximum atomic E-state index is 5.28. The minimum atomic E-state index is 0.911. The van der Waals surface area contributed by atoms with Crippen molar-refractivity contribution in [2.75, 3.05) is 0 Å². The summed E-state index contributed by atoms with van der Waals surface area (Å²) in [6, 6.07) is 8.19. The molecule has 70 valence electrons. The molecule has 0 aliphatic heterocycles. The monoisotopic (exact) mass is 236 g/mol. The van der Waals surface area contributed by atoms with Gasteiger partial charge in [-0.2, -0.15) is 0 Å². The van der Waals surface area contributed by atoms with E-state index in [1.54, 1.807) is 22.7 Å². The van der Waals surface area contributed by atoms with E-state index in [2.05, 4.69) is 17.5 Å². The van der Waals surface area contributed by atoms with Crippen LogP contribution in [-0.4, -0.2) is 4.86 Å². The molecular formula is C11H8S3. The molecule has 3 heteroatoms. The lowest BCUT2D eigenvalue weighted by Crippen LogP contribution is -1.85. The molecule has 0 saturated heterocycles. The molecule has 0 nitrogen and oxygen atoms in total. The van der Waals surface area contributed by atoms with Gasteiger partial charge in [0, 0.05) is 9.75 Å². The summed E-state index contributed by atoms with van der Waals surface area (Å²) in [6.45, 7) is 0. The molecule has 0 atom stereocenters. The SMILES string of the molecule is S=C(/C=C/c1cccs1)c1cccs1. The van der Waals surface area contributed by atoms with Crippen LogP contribution in [0.1, 0.15) is 9.75 Å². The van der Waals surface area contributed by atoms with Crippen molar-refractivity contribution in [2.45, 2.75) is 0 Å². The van der Waals surface area contributed by atoms with Crippen LogP contribution in [0.4, 0.5) is 0 Å². The van der Waals surface area contributed by atoms with Crippen molar-refractivity contribution in [3.05, 3.63) is 50.9 Å². The van der Waals surface area contributed by atoms with E-state index in [0.29, 0.717) is 0 Å². The third-order valence-corrected chi connectivity index (χ3v) is 3.93. The summed E-state index contributed by atoms with van der Waals surface area (Å²) in [4.78, 5) is 3.31. The van der Waals surface area contributed by atoms with Gasteiger partial charge in [-0.15, -0.1) is 22.7 Å². The van der Waals surface area contributed by atoms with Gasteiger partial charge in [-0.3, -0.25) is 0 Å². The summed E-state index contributed by atoms with van der Waals surface area (Å²) in [5, 5.41) is 4.11. The molecule has 0 saturated carbocycles. The van der Waals surface area contributed by atoms with Crippen molar-refractivity contribution < 1.29 is 0 Å². The Morgan fingerprint density at radius 2 is 1.93 bits per heavy atom. The van der Waals surface area contributed by atoms with Crippen molar-refractivity contribution in [3.63, 3.8) is 0 Å². The van der Waals surface area contributed by atoms with Crippen molar-refractivity contribution in [1.82, 2.24) is 0 Å². The lowest BCUT2D eigenvalue weighted by molar-refractivity contribution is 1.94. The third-order valence-electron chi connectivity index (χ3n) is 1.71. The minimum absolute atomic E-state index is 0.911. The Labute approximate surface area is 96.5 Å². The van der Waals surface area contributed by atoms with Crippen LogP contribution in [-0.2, 0) is 0 Å². The highest BCUT2D eigenvalue weighted by Gasteiger charge is 1.96. The van der Waals surface area contributed by atoms with Crippen molar-refractivity contribution in [2.24, 2.45) is 0 Å². The van der Waals surface area contributed by atoms with Gasteiger partial charge in [0.25, 0.3) is 0 Å². The molecule has 2 heterocycles. The van der Waals surface area contributed by atoms with Gasteiger partial charge in [0.15, 0.2) is 0 Å². The van der Waals surface area contributed by atoms with Crippen molar-refractivity contribution in [1.29, 1.82) is 0 Å². The largest absolute Gasteiger partial charge is 0.144 e. The van der Waals surface area contributed by atoms with E-state index in [0.717, 1.165) is 9.74 Å². The first-order valence-electron chi connectivity index (χ1n) is 4.16. The summed E-state index contributed by atoms with van der Waals surface area (Å²) in [5.74, 6) is 0. The Balaban J connectivity index is 2.09. The Morgan fingerprint density at radius 1 is 1.14 bits per heavy atom. The van der Waals surface area contributed by atoms with E-state index in [1.807, 2.05) is 29.7 Å². The first-order valence-corrected chi connectivity index (χ1v) is 6.32. The first-order chi connectivity index (χ1) is 6.86. The fourth-order valence-electron chi connectivity index (χ4n) is 1.04. The predicted octanol–water partition coefficient (Wildman–Crippen LogP) is 4.24. The number of rotatable bonds is 3. The molecule has 14 heavy (non-hydrogen) atoms. The Bertz CT molecular complexity index is 421. The van der Waals surface area contributed by atoms with Crippen LogP contribution in [0.5, 0.6) is 0 Å². The molecule has 0 unspecified atom stereocenters. The van der Waals surface area contributed by atoms with Gasteiger partial charge >= 0.3 is 0 Å². The second-order valence-electron chi connectivity index (χ2n) is 2.69. The van der Waals surface area contributed by atoms with Crippen LogP contribution in [0.15, 0.2) is 41.1 Å². The van der Waals surface area contributed by atoms with Gasteiger partial charge in [-0.1, -0.05) is 24.4 Å². The zero-order chi connectivity index (χ0) is 9.80. The second kappa shape index (κ2) is 4.64. The predicted molar refractivity (Wildman–Crippen MR) is 69.4 cm³/mol. The number of thiophene rings is 2. The van der Waals surface area contributed by atoms with Gasteiger partial charge in [0.05, 0.1) is 4.86 Å². The number of hydrogen-bond acceptors (Lipinski definition) is 3. The van der Waals surface area contributed by atoms with Crippen LogP contribution in [0, 0.1) is 0 Å². The molecule has 0 spiro atoms. The average molecular weight is 236 g/mol. The zero-order valence-corrected chi connectivity index (χ0v) is 9.79. The van der Waals surface area contributed by atoms with Crippen LogP contribution in [0.3, 0.4) is 0 Å². The molecular weight excluding hydrogens is 228 g/mol. The van der Waals surface area contributed by atoms with E-state index in [4.69, 9.17) is 12.2 Å². The number of allylic oxidation sites excluding steroid dienone is 1. The molecule has 2 aromatic heterocycles. The highest BCUT2D eigenvalue weighted by molar-refractivity contribution is 7.81. The molecule has 0 fully saturated rings. The smallest absolute Gasteiger partial charge is 0.0549 e. The maximum absolute atomic E-state index is 5.28. The molecule has 0 N–H and O–H groups in total. The van der Waals surface area contributed by atoms with E-state index >= 15 is 0 Å². The Kier molecular flexibility index (Phi) is 3.24. The van der Waals surface area contributed by atoms with Gasteiger partial charge in [0.2, 0.25) is 0 Å². The highest BCUT2D eigenvalue weighted by atomic mass is 32.1. The molecule has 0 aliphatic rings. The van der Waals surface area contributed by atoms with Crippen LogP contribution >= 0.6 is 34.9 Å². The lowest BCUT2D eigenvalue weighted by atomic mass is 10.3. The maximum Gasteiger partial charge on any atom is 0.0549 e. The van der Waals surface area contributed by atoms with Crippen LogP contribution in [0.2, 0.25) is 0 Å². The second-order valence-corrected chi connectivity index (χ2v) is 5.06. The lowest BCUT2D eigenvalue weighted by Gasteiger charge is -1.90. The fourth-order valence-corrected chi connectivity index (χ4v) is 2.59. The molecule has 2 aromatic rings. The molecule has 0 aromatic carbocycles. The zero-order valence-electron chi connectivity index (χ0n) is 7.34. The normalized spacial score (nSPS) is 10.9. The van der Waals surface area contributed by atoms with Gasteiger partial charge in [0.1, 0.15) is 0 Å². The summed E-state index contributed by atoms with van der Waals surface area (Å²) < 4.78 is 0. The van der Waals surface area contributed by atoms with Crippen LogP contribution < -0.4 is 0 Å². The van der Waals surface area contributed by atoms with E-state index in [-0.39, 0.29) is 0 Å². The van der Waals surface area contributed by atoms with Gasteiger partial charge < -0.3 is 0 Å². The van der Waals surface area contributed by atoms with Crippen molar-refractivity contribution in [3.8, 4) is 0 Å². The standard InChI is InChI=1S/C11H8S3/c12-10(11-4-2-8-14-11)6-5-9-3-1-7-13-9/h1-8H/b6-5+. The quantitative estimate of drug-likeness (QED) is 0.436. The summed E-state index contributed by atoms with van der Waals surface area (Å²) >= 11 is 8.67. The Morgan fingerprint density at radius 3 is 2.57 bits per heavy atom. The van der Waals surface area contributed by atoms with Crippen molar-refractivity contribution >= 4 is 45.8 Å². The van der Waals surface area contributed by atoms with Gasteiger partial charge in [-0.25, -0.2) is 0 Å². The Hall–Kier alpha value is -0.770. The topological polar surface area (TPSA) is 0 Å². The highest BCUT2D eigenvalue weighted by Crippen LogP contribution is 2.14. The fraction of sp³-hybridized carbons (Fsp3) is 0. The average Bonchev–Trinajstić information content (AvgIpc) is 2.87. The molecule has 0 bridgehead atoms. The molecule has 2 rings (SSSR count).